The fraction of sp³-hybridized carbons (Fsp3) is 0.400. The number of hydrogen-bond donors (Lipinski definition) is 2. The van der Waals surface area contributed by atoms with Gasteiger partial charge in [0.2, 0.25) is 0 Å². The molecule has 4 nitrogen and oxygen atoms in total. The van der Waals surface area contributed by atoms with Gasteiger partial charge in [0.15, 0.2) is 9.84 Å². The van der Waals surface area contributed by atoms with Crippen LogP contribution in [0.15, 0.2) is 24.3 Å². The average molecular weight is 248 g/mol. The van der Waals surface area contributed by atoms with Crippen molar-refractivity contribution in [1.82, 2.24) is 0 Å². The lowest BCUT2D eigenvalue weighted by Crippen LogP contribution is -2.31. The van der Waals surface area contributed by atoms with Crippen molar-refractivity contribution in [2.24, 2.45) is 0 Å². The minimum atomic E-state index is -3.65. The van der Waals surface area contributed by atoms with Crippen LogP contribution in [-0.2, 0) is 9.84 Å². The molecule has 0 saturated carbocycles. The van der Waals surface area contributed by atoms with Crippen molar-refractivity contribution in [2.45, 2.75) is 11.4 Å². The van der Waals surface area contributed by atoms with Crippen LogP contribution in [0.2, 0.25) is 0 Å². The third-order valence-corrected chi connectivity index (χ3v) is 3.81. The van der Waals surface area contributed by atoms with E-state index in [-0.39, 0.29) is 5.56 Å². The maximum absolute atomic E-state index is 13.3. The topological polar surface area (TPSA) is 74.6 Å². The molecule has 0 fully saturated rings. The number of hydrogen-bond acceptors (Lipinski definition) is 4. The molecule has 2 N–H and O–H groups in total. The summed E-state index contributed by atoms with van der Waals surface area (Å²) < 4.78 is 35.8. The highest BCUT2D eigenvalue weighted by Gasteiger charge is 2.30. The van der Waals surface area contributed by atoms with E-state index in [9.17, 15) is 17.9 Å². The predicted molar refractivity (Wildman–Crippen MR) is 57.1 cm³/mol. The van der Waals surface area contributed by atoms with Gasteiger partial charge in [-0.15, -0.1) is 0 Å². The van der Waals surface area contributed by atoms with Gasteiger partial charge in [-0.3, -0.25) is 0 Å². The highest BCUT2D eigenvalue weighted by Crippen LogP contribution is 2.23. The number of halogens is 1. The molecule has 0 bridgehead atoms. The molecule has 6 heteroatoms. The molecule has 16 heavy (non-hydrogen) atoms. The number of aliphatic hydroxyl groups excluding tert-OH is 2. The van der Waals surface area contributed by atoms with E-state index in [0.717, 1.165) is 12.3 Å². The molecule has 0 aliphatic rings. The maximum Gasteiger partial charge on any atom is 0.155 e. The zero-order valence-electron chi connectivity index (χ0n) is 8.67. The Morgan fingerprint density at radius 2 is 1.94 bits per heavy atom. The summed E-state index contributed by atoms with van der Waals surface area (Å²) in [6.07, 6.45) is -0.681. The van der Waals surface area contributed by atoms with Gasteiger partial charge >= 0.3 is 0 Å². The molecule has 1 aromatic rings. The van der Waals surface area contributed by atoms with E-state index < -0.39 is 33.6 Å². The molecule has 0 radical (unpaired) electrons. The Morgan fingerprint density at radius 3 is 2.38 bits per heavy atom. The van der Waals surface area contributed by atoms with Crippen LogP contribution >= 0.6 is 0 Å². The van der Waals surface area contributed by atoms with Gasteiger partial charge in [0, 0.05) is 11.8 Å². The fourth-order valence-electron chi connectivity index (χ4n) is 1.38. The smallest absolute Gasteiger partial charge is 0.155 e. The maximum atomic E-state index is 13.3. The van der Waals surface area contributed by atoms with Gasteiger partial charge in [0.05, 0.1) is 6.61 Å². The normalized spacial score (nSPS) is 15.8. The lowest BCUT2D eigenvalue weighted by molar-refractivity contribution is 0.134. The van der Waals surface area contributed by atoms with Crippen molar-refractivity contribution in [3.8, 4) is 0 Å². The minimum absolute atomic E-state index is 0.132. The minimum Gasteiger partial charge on any atom is -0.395 e. The van der Waals surface area contributed by atoms with Crippen LogP contribution in [0.1, 0.15) is 11.7 Å². The predicted octanol–water partition coefficient (Wildman–Crippen LogP) is 0.265. The van der Waals surface area contributed by atoms with Crippen LogP contribution < -0.4 is 0 Å². The molecule has 0 amide bonds. The largest absolute Gasteiger partial charge is 0.395 e. The van der Waals surface area contributed by atoms with E-state index in [1.54, 1.807) is 0 Å². The van der Waals surface area contributed by atoms with Crippen LogP contribution in [0.5, 0.6) is 0 Å². The summed E-state index contributed by atoms with van der Waals surface area (Å²) in [4.78, 5) is 0. The first-order chi connectivity index (χ1) is 7.38. The van der Waals surface area contributed by atoms with Gasteiger partial charge in [-0.2, -0.15) is 0 Å². The second kappa shape index (κ2) is 4.90. The van der Waals surface area contributed by atoms with Gasteiger partial charge in [0.25, 0.3) is 0 Å². The quantitative estimate of drug-likeness (QED) is 0.801. The van der Waals surface area contributed by atoms with Gasteiger partial charge in [-0.25, -0.2) is 12.8 Å². The second-order valence-corrected chi connectivity index (χ2v) is 5.78. The molecule has 2 atom stereocenters. The van der Waals surface area contributed by atoms with E-state index in [1.807, 2.05) is 0 Å². The van der Waals surface area contributed by atoms with Crippen LogP contribution in [-0.4, -0.2) is 36.7 Å². The third kappa shape index (κ3) is 2.78. The standard InChI is InChI=1S/C10H13FO4S/c1-16(14,15)9(6-12)10(13)7-4-2-3-5-8(7)11/h2-5,9-10,12-13H,6H2,1H3/t9-,10-/m1/s1. The Kier molecular flexibility index (Phi) is 4.01. The van der Waals surface area contributed by atoms with E-state index in [2.05, 4.69) is 0 Å². The van der Waals surface area contributed by atoms with E-state index in [0.29, 0.717) is 0 Å². The lowest BCUT2D eigenvalue weighted by atomic mass is 10.1. The molecule has 0 aliphatic carbocycles. The van der Waals surface area contributed by atoms with Crippen molar-refractivity contribution in [1.29, 1.82) is 0 Å². The molecule has 90 valence electrons. The first kappa shape index (κ1) is 13.1. The summed E-state index contributed by atoms with van der Waals surface area (Å²) in [5.41, 5.74) is -0.132. The van der Waals surface area contributed by atoms with Crippen LogP contribution in [0, 0.1) is 5.82 Å². The average Bonchev–Trinajstić information content (AvgIpc) is 2.17. The SMILES string of the molecule is CS(=O)(=O)[C@H](CO)[C@H](O)c1ccccc1F. The van der Waals surface area contributed by atoms with Gasteiger partial charge in [-0.05, 0) is 6.07 Å². The molecule has 0 saturated heterocycles. The van der Waals surface area contributed by atoms with Crippen LogP contribution in [0.4, 0.5) is 4.39 Å². The molecule has 1 rings (SSSR count). The monoisotopic (exact) mass is 248 g/mol. The third-order valence-electron chi connectivity index (χ3n) is 2.31. The molecule has 0 spiro atoms. The van der Waals surface area contributed by atoms with Crippen LogP contribution in [0.25, 0.3) is 0 Å². The van der Waals surface area contributed by atoms with Gasteiger partial charge < -0.3 is 10.2 Å². The Morgan fingerprint density at radius 1 is 1.38 bits per heavy atom. The van der Waals surface area contributed by atoms with Crippen molar-refractivity contribution in [2.75, 3.05) is 12.9 Å². The van der Waals surface area contributed by atoms with E-state index in [1.165, 1.54) is 18.2 Å². The summed E-state index contributed by atoms with van der Waals surface area (Å²) in [5, 5.41) is 17.2. The van der Waals surface area contributed by atoms with Crippen molar-refractivity contribution >= 4 is 9.84 Å². The van der Waals surface area contributed by atoms with E-state index >= 15 is 0 Å². The Balaban J connectivity index is 3.10. The Labute approximate surface area is 93.3 Å². The molecule has 1 aromatic carbocycles. The molecule has 0 aromatic heterocycles. The molecule has 0 unspecified atom stereocenters. The van der Waals surface area contributed by atoms with E-state index in [4.69, 9.17) is 5.11 Å². The van der Waals surface area contributed by atoms with Gasteiger partial charge in [0.1, 0.15) is 17.2 Å². The zero-order chi connectivity index (χ0) is 12.3. The first-order valence-corrected chi connectivity index (χ1v) is 6.55. The van der Waals surface area contributed by atoms with Crippen LogP contribution in [0.3, 0.4) is 0 Å². The van der Waals surface area contributed by atoms with Crippen molar-refractivity contribution in [3.05, 3.63) is 35.6 Å². The first-order valence-electron chi connectivity index (χ1n) is 4.60. The number of sulfone groups is 1. The number of rotatable bonds is 4. The lowest BCUT2D eigenvalue weighted by Gasteiger charge is -2.19. The highest BCUT2D eigenvalue weighted by molar-refractivity contribution is 7.91. The molecular weight excluding hydrogens is 235 g/mol. The highest BCUT2D eigenvalue weighted by atomic mass is 32.2. The summed E-state index contributed by atoms with van der Waals surface area (Å²) >= 11 is 0. The number of aliphatic hydroxyl groups is 2. The van der Waals surface area contributed by atoms with Gasteiger partial charge in [-0.1, -0.05) is 18.2 Å². The zero-order valence-corrected chi connectivity index (χ0v) is 9.48. The molecule has 0 heterocycles. The summed E-state index contributed by atoms with van der Waals surface area (Å²) in [7, 11) is -3.65. The Bertz CT molecular complexity index is 458. The Hall–Kier alpha value is -0.980. The number of benzene rings is 1. The molecular formula is C10H13FO4S. The summed E-state index contributed by atoms with van der Waals surface area (Å²) in [5.74, 6) is -0.697. The summed E-state index contributed by atoms with van der Waals surface area (Å²) in [6.45, 7) is -0.756. The van der Waals surface area contributed by atoms with Crippen molar-refractivity contribution in [3.63, 3.8) is 0 Å². The molecule has 0 aliphatic heterocycles. The fourth-order valence-corrected chi connectivity index (χ4v) is 2.27. The van der Waals surface area contributed by atoms with Crippen molar-refractivity contribution < 1.29 is 23.0 Å². The second-order valence-electron chi connectivity index (χ2n) is 3.52. The summed E-state index contributed by atoms with van der Waals surface area (Å²) in [6, 6.07) is 5.32.